The van der Waals surface area contributed by atoms with Crippen LogP contribution in [0.15, 0.2) is 30.3 Å². The first-order valence-corrected chi connectivity index (χ1v) is 8.53. The molecule has 2 aliphatic rings. The van der Waals surface area contributed by atoms with Crippen molar-refractivity contribution in [2.45, 2.75) is 19.4 Å². The number of hydrogen-bond acceptors (Lipinski definition) is 4. The highest BCUT2D eigenvalue weighted by molar-refractivity contribution is 5.17. The van der Waals surface area contributed by atoms with Gasteiger partial charge in [-0.2, -0.15) is 0 Å². The van der Waals surface area contributed by atoms with E-state index in [4.69, 9.17) is 0 Å². The molecule has 2 heterocycles. The molecule has 1 aromatic carbocycles. The van der Waals surface area contributed by atoms with Crippen molar-refractivity contribution in [2.75, 3.05) is 52.4 Å². The predicted molar refractivity (Wildman–Crippen MR) is 89.9 cm³/mol. The zero-order valence-corrected chi connectivity index (χ0v) is 13.7. The minimum Gasteiger partial charge on any atom is -0.387 e. The molecule has 2 aliphatic heterocycles. The van der Waals surface area contributed by atoms with E-state index in [2.05, 4.69) is 22.0 Å². The zero-order valence-electron chi connectivity index (χ0n) is 13.7. The molecule has 0 spiro atoms. The SMILES string of the molecule is CC1(CN2CCN(CC(O)c3ccccc3)CC2)CCNC1. The molecule has 1 aromatic rings. The summed E-state index contributed by atoms with van der Waals surface area (Å²) < 4.78 is 0. The third-order valence-corrected chi connectivity index (χ3v) is 5.14. The Labute approximate surface area is 134 Å². The largest absolute Gasteiger partial charge is 0.387 e. The maximum absolute atomic E-state index is 10.3. The summed E-state index contributed by atoms with van der Waals surface area (Å²) in [5.41, 5.74) is 1.47. The molecule has 0 aromatic heterocycles. The lowest BCUT2D eigenvalue weighted by Gasteiger charge is -2.39. The number of aliphatic hydroxyl groups is 1. The van der Waals surface area contributed by atoms with E-state index >= 15 is 0 Å². The molecular weight excluding hydrogens is 274 g/mol. The van der Waals surface area contributed by atoms with E-state index in [-0.39, 0.29) is 6.10 Å². The van der Waals surface area contributed by atoms with Gasteiger partial charge < -0.3 is 15.3 Å². The highest BCUT2D eigenvalue weighted by Crippen LogP contribution is 2.26. The Morgan fingerprint density at radius 3 is 2.45 bits per heavy atom. The Morgan fingerprint density at radius 2 is 1.82 bits per heavy atom. The third-order valence-electron chi connectivity index (χ3n) is 5.14. The molecule has 0 saturated carbocycles. The molecule has 0 amide bonds. The van der Waals surface area contributed by atoms with E-state index in [1.54, 1.807) is 0 Å². The molecule has 0 radical (unpaired) electrons. The molecule has 2 fully saturated rings. The first-order valence-electron chi connectivity index (χ1n) is 8.53. The van der Waals surface area contributed by atoms with Crippen LogP contribution < -0.4 is 5.32 Å². The normalized spacial score (nSPS) is 28.8. The number of hydrogen-bond donors (Lipinski definition) is 2. The van der Waals surface area contributed by atoms with Gasteiger partial charge in [-0.15, -0.1) is 0 Å². The average Bonchev–Trinajstić information content (AvgIpc) is 2.96. The summed E-state index contributed by atoms with van der Waals surface area (Å²) >= 11 is 0. The Bertz CT molecular complexity index is 451. The van der Waals surface area contributed by atoms with Gasteiger partial charge in [0.1, 0.15) is 0 Å². The van der Waals surface area contributed by atoms with Crippen LogP contribution in [0.3, 0.4) is 0 Å². The second-order valence-corrected chi connectivity index (χ2v) is 7.24. The smallest absolute Gasteiger partial charge is 0.0916 e. The lowest BCUT2D eigenvalue weighted by atomic mass is 9.89. The molecule has 3 rings (SSSR count). The van der Waals surface area contributed by atoms with E-state index < -0.39 is 0 Å². The third kappa shape index (κ3) is 4.07. The zero-order chi connectivity index (χ0) is 15.4. The second kappa shape index (κ2) is 7.09. The molecule has 2 saturated heterocycles. The average molecular weight is 303 g/mol. The van der Waals surface area contributed by atoms with Crippen molar-refractivity contribution in [3.63, 3.8) is 0 Å². The van der Waals surface area contributed by atoms with Gasteiger partial charge in [0.15, 0.2) is 0 Å². The molecule has 22 heavy (non-hydrogen) atoms. The Morgan fingerprint density at radius 1 is 1.14 bits per heavy atom. The number of β-amino-alcohol motifs (C(OH)–C–C–N with tert-alkyl or cyclic N) is 1. The standard InChI is InChI=1S/C18H29N3O/c1-18(7-8-19-14-18)15-21-11-9-20(10-12-21)13-17(22)16-5-3-2-4-6-16/h2-6,17,19,22H,7-15H2,1H3. The van der Waals surface area contributed by atoms with Crippen LogP contribution in [0, 0.1) is 5.41 Å². The second-order valence-electron chi connectivity index (χ2n) is 7.24. The molecule has 122 valence electrons. The van der Waals surface area contributed by atoms with Crippen LogP contribution in [0.5, 0.6) is 0 Å². The van der Waals surface area contributed by atoms with Gasteiger partial charge in [-0.05, 0) is 23.9 Å². The van der Waals surface area contributed by atoms with Crippen molar-refractivity contribution in [1.29, 1.82) is 0 Å². The van der Waals surface area contributed by atoms with Crippen molar-refractivity contribution >= 4 is 0 Å². The number of benzene rings is 1. The Kier molecular flexibility index (Phi) is 5.14. The van der Waals surface area contributed by atoms with Crippen LogP contribution in [0.1, 0.15) is 25.0 Å². The van der Waals surface area contributed by atoms with E-state index in [1.807, 2.05) is 30.3 Å². The molecule has 2 atom stereocenters. The molecule has 2 N–H and O–H groups in total. The highest BCUT2D eigenvalue weighted by Gasteiger charge is 2.31. The molecular formula is C18H29N3O. The summed E-state index contributed by atoms with van der Waals surface area (Å²) in [5, 5.41) is 13.8. The van der Waals surface area contributed by atoms with Crippen LogP contribution in [0.2, 0.25) is 0 Å². The van der Waals surface area contributed by atoms with Gasteiger partial charge in [0.2, 0.25) is 0 Å². The van der Waals surface area contributed by atoms with Crippen molar-refractivity contribution in [3.8, 4) is 0 Å². The number of nitrogens with one attached hydrogen (secondary N) is 1. The van der Waals surface area contributed by atoms with E-state index in [1.165, 1.54) is 19.5 Å². The summed E-state index contributed by atoms with van der Waals surface area (Å²) in [6.07, 6.45) is 0.921. The van der Waals surface area contributed by atoms with E-state index in [0.717, 1.165) is 44.8 Å². The summed E-state index contributed by atoms with van der Waals surface area (Å²) in [6, 6.07) is 10.00. The number of aliphatic hydroxyl groups excluding tert-OH is 1. The van der Waals surface area contributed by atoms with Crippen LogP contribution in [0.4, 0.5) is 0 Å². The summed E-state index contributed by atoms with van der Waals surface area (Å²) in [5.74, 6) is 0. The highest BCUT2D eigenvalue weighted by atomic mass is 16.3. The van der Waals surface area contributed by atoms with Crippen molar-refractivity contribution in [3.05, 3.63) is 35.9 Å². The van der Waals surface area contributed by atoms with Gasteiger partial charge in [0.05, 0.1) is 6.10 Å². The first kappa shape index (κ1) is 15.9. The van der Waals surface area contributed by atoms with Gasteiger partial charge in [-0.25, -0.2) is 0 Å². The molecule has 4 nitrogen and oxygen atoms in total. The van der Waals surface area contributed by atoms with Crippen LogP contribution in [-0.4, -0.2) is 67.3 Å². The van der Waals surface area contributed by atoms with Crippen molar-refractivity contribution in [1.82, 2.24) is 15.1 Å². The van der Waals surface area contributed by atoms with Crippen molar-refractivity contribution < 1.29 is 5.11 Å². The maximum atomic E-state index is 10.3. The lowest BCUT2D eigenvalue weighted by molar-refractivity contribution is 0.0584. The Balaban J connectivity index is 1.44. The van der Waals surface area contributed by atoms with Gasteiger partial charge in [-0.3, -0.25) is 4.90 Å². The molecule has 0 aliphatic carbocycles. The minimum absolute atomic E-state index is 0.371. The predicted octanol–water partition coefficient (Wildman–Crippen LogP) is 1.34. The quantitative estimate of drug-likeness (QED) is 0.861. The topological polar surface area (TPSA) is 38.7 Å². The first-order chi connectivity index (χ1) is 10.6. The monoisotopic (exact) mass is 303 g/mol. The summed E-state index contributed by atoms with van der Waals surface area (Å²) in [4.78, 5) is 4.99. The summed E-state index contributed by atoms with van der Waals surface area (Å²) in [7, 11) is 0. The molecule has 0 bridgehead atoms. The van der Waals surface area contributed by atoms with Crippen molar-refractivity contribution in [2.24, 2.45) is 5.41 Å². The maximum Gasteiger partial charge on any atom is 0.0916 e. The molecule has 4 heteroatoms. The van der Waals surface area contributed by atoms with Gasteiger partial charge in [0, 0.05) is 45.8 Å². The number of nitrogens with zero attached hydrogens (tertiary/aromatic N) is 2. The molecule has 2 unspecified atom stereocenters. The minimum atomic E-state index is -0.371. The van der Waals surface area contributed by atoms with Gasteiger partial charge in [-0.1, -0.05) is 37.3 Å². The fourth-order valence-electron chi connectivity index (χ4n) is 3.70. The lowest BCUT2D eigenvalue weighted by Crippen LogP contribution is -2.50. The van der Waals surface area contributed by atoms with Gasteiger partial charge >= 0.3 is 0 Å². The number of rotatable bonds is 5. The van der Waals surface area contributed by atoms with Crippen LogP contribution in [0.25, 0.3) is 0 Å². The van der Waals surface area contributed by atoms with E-state index in [0.29, 0.717) is 5.41 Å². The number of piperazine rings is 1. The summed E-state index contributed by atoms with van der Waals surface area (Å²) in [6.45, 7) is 11.0. The van der Waals surface area contributed by atoms with Crippen LogP contribution in [-0.2, 0) is 0 Å². The fraction of sp³-hybridized carbons (Fsp3) is 0.667. The van der Waals surface area contributed by atoms with Gasteiger partial charge in [0.25, 0.3) is 0 Å². The Hall–Kier alpha value is -0.940. The van der Waals surface area contributed by atoms with Crippen LogP contribution >= 0.6 is 0 Å². The fourth-order valence-corrected chi connectivity index (χ4v) is 3.70. The van der Waals surface area contributed by atoms with E-state index in [9.17, 15) is 5.11 Å².